The summed E-state index contributed by atoms with van der Waals surface area (Å²) in [4.78, 5) is 14.6. The molecule has 3 aliphatic rings. The van der Waals surface area contributed by atoms with Crippen molar-refractivity contribution in [1.82, 2.24) is 4.90 Å². The summed E-state index contributed by atoms with van der Waals surface area (Å²) in [6.45, 7) is 0.155. The highest BCUT2D eigenvalue weighted by molar-refractivity contribution is 7.80. The highest BCUT2D eigenvalue weighted by Crippen LogP contribution is 2.62. The van der Waals surface area contributed by atoms with Gasteiger partial charge in [-0.25, -0.2) is 9.18 Å². The smallest absolute Gasteiger partial charge is 0.407 e. The van der Waals surface area contributed by atoms with Crippen LogP contribution in [-0.4, -0.2) is 90.2 Å². The number of benzene rings is 1. The number of hydrogen-bond donors (Lipinski definition) is 3. The number of fused-ring (bicyclic) bond motifs is 5. The topological polar surface area (TPSA) is 68.2 Å². The molecule has 4 rings (SSSR count). The number of aliphatic hydroxyl groups excluding tert-OH is 1. The monoisotopic (exact) mass is 787 g/mol. The molecule has 1 N–H and O–H groups in total. The molecule has 0 bridgehead atoms. The minimum atomic E-state index is -6.79. The van der Waals surface area contributed by atoms with Gasteiger partial charge in [0.15, 0.2) is 11.6 Å². The quantitative estimate of drug-likeness (QED) is 0.100. The molecule has 1 aromatic rings. The number of rotatable bonds is 14. The third-order valence-electron chi connectivity index (χ3n) is 10.9. The lowest BCUT2D eigenvalue weighted by molar-refractivity contribution is -0.457. The van der Waals surface area contributed by atoms with Crippen LogP contribution in [0, 0.1) is 23.1 Å². The van der Waals surface area contributed by atoms with Crippen LogP contribution in [-0.2, 0) is 15.9 Å². The second kappa shape index (κ2) is 16.4. The molecule has 1 unspecified atom stereocenters. The van der Waals surface area contributed by atoms with Crippen LogP contribution in [0.25, 0.3) is 0 Å². The fourth-order valence-electron chi connectivity index (χ4n) is 8.42. The van der Waals surface area contributed by atoms with Gasteiger partial charge >= 0.3 is 30.2 Å². The summed E-state index contributed by atoms with van der Waals surface area (Å²) >= 11 is 8.56. The number of nitrogens with zero attached hydrogens (tertiary/aromatic N) is 1. The largest absolute Gasteiger partial charge is 0.435 e. The first-order valence-electron chi connectivity index (χ1n) is 16.9. The summed E-state index contributed by atoms with van der Waals surface area (Å²) in [6, 6.07) is 2.64. The number of aryl methyl sites for hydroxylation is 1. The highest BCUT2D eigenvalue weighted by atomic mass is 32.1. The van der Waals surface area contributed by atoms with E-state index in [9.17, 15) is 49.4 Å². The van der Waals surface area contributed by atoms with E-state index in [1.54, 1.807) is 6.07 Å². The van der Waals surface area contributed by atoms with Crippen molar-refractivity contribution in [2.75, 3.05) is 37.9 Å². The van der Waals surface area contributed by atoms with Crippen molar-refractivity contribution in [2.24, 2.45) is 17.3 Å². The Labute approximate surface area is 300 Å². The predicted molar refractivity (Wildman–Crippen MR) is 173 cm³/mol. The van der Waals surface area contributed by atoms with Crippen LogP contribution < -0.4 is 4.74 Å². The van der Waals surface area contributed by atoms with Crippen molar-refractivity contribution in [1.29, 1.82) is 0 Å². The molecule has 292 valence electrons. The van der Waals surface area contributed by atoms with Crippen LogP contribution in [0.5, 0.6) is 5.75 Å². The van der Waals surface area contributed by atoms with Crippen molar-refractivity contribution in [3.63, 3.8) is 0 Å². The summed E-state index contributed by atoms with van der Waals surface area (Å²) in [6.07, 6.45) is -17.5. The maximum Gasteiger partial charge on any atom is 0.435 e. The van der Waals surface area contributed by atoms with Gasteiger partial charge in [0.1, 0.15) is 0 Å². The average Bonchev–Trinajstić information content (AvgIpc) is 3.36. The zero-order valence-corrected chi connectivity index (χ0v) is 29.6. The molecule has 0 saturated heterocycles. The van der Waals surface area contributed by atoms with E-state index >= 15 is 4.39 Å². The van der Waals surface area contributed by atoms with E-state index in [1.807, 2.05) is 6.92 Å². The molecule has 3 aliphatic carbocycles. The molecule has 0 aliphatic heterocycles. The average molecular weight is 788 g/mol. The van der Waals surface area contributed by atoms with Crippen LogP contribution in [0.4, 0.5) is 48.7 Å². The van der Waals surface area contributed by atoms with Gasteiger partial charge in [-0.15, -0.1) is 0 Å². The van der Waals surface area contributed by atoms with Crippen LogP contribution >= 0.6 is 25.3 Å². The van der Waals surface area contributed by atoms with Crippen LogP contribution in [0.1, 0.15) is 75.3 Å². The van der Waals surface area contributed by atoms with Gasteiger partial charge in [0, 0.05) is 31.6 Å². The fourth-order valence-corrected chi connectivity index (χ4v) is 9.10. The molecule has 0 heterocycles. The van der Waals surface area contributed by atoms with Crippen LogP contribution in [0.3, 0.4) is 0 Å². The minimum absolute atomic E-state index is 0.0107. The van der Waals surface area contributed by atoms with E-state index in [0.717, 1.165) is 17.5 Å². The van der Waals surface area contributed by atoms with Crippen molar-refractivity contribution >= 4 is 31.4 Å². The fraction of sp³-hybridized carbons (Fsp3) is 0.788. The van der Waals surface area contributed by atoms with Crippen LogP contribution in [0.15, 0.2) is 12.1 Å². The molecule has 2 saturated carbocycles. The van der Waals surface area contributed by atoms with E-state index < -0.39 is 67.2 Å². The number of aliphatic hydroxyl groups is 1. The third kappa shape index (κ3) is 8.39. The number of hydrogen-bond acceptors (Lipinski definition) is 7. The standard InChI is InChI=1S/C33H43F10NO5S2/c1-29-10-8-21-22(24(29)6-7-27(29)47-13-3-14-48-30(31(35,36)37,32(38,39)40)33(41,42)43)5-4-19-16-26(25(34)17-23(19)21)49-28(46)44(11-2-12-45)20(18-51)9-15-50/h16-17,20-22,24,27,45,50-51H,2-15,18H2,1H3/t20?,21-,22+,24-,27-,29-/m0/s1. The molecular weight excluding hydrogens is 744 g/mol. The van der Waals surface area contributed by atoms with E-state index in [1.165, 1.54) is 11.0 Å². The van der Waals surface area contributed by atoms with Gasteiger partial charge < -0.3 is 24.2 Å². The van der Waals surface area contributed by atoms with Gasteiger partial charge in [-0.3, -0.25) is 0 Å². The first-order chi connectivity index (χ1) is 23.8. The molecule has 1 aromatic carbocycles. The van der Waals surface area contributed by atoms with Crippen molar-refractivity contribution in [3.8, 4) is 5.75 Å². The lowest BCUT2D eigenvalue weighted by Crippen LogP contribution is -2.67. The third-order valence-corrected chi connectivity index (χ3v) is 11.6. The Balaban J connectivity index is 1.40. The Hall–Kier alpha value is -1.63. The number of halogens is 10. The molecule has 0 spiro atoms. The normalized spacial score (nSPS) is 25.9. The Bertz CT molecular complexity index is 1310. The summed E-state index contributed by atoms with van der Waals surface area (Å²) in [7, 11) is 0. The van der Waals surface area contributed by atoms with Gasteiger partial charge in [-0.1, -0.05) is 6.92 Å². The van der Waals surface area contributed by atoms with E-state index in [4.69, 9.17) is 9.47 Å². The summed E-state index contributed by atoms with van der Waals surface area (Å²) in [5.41, 5.74) is -5.06. The van der Waals surface area contributed by atoms with Gasteiger partial charge in [0.2, 0.25) is 0 Å². The number of carbonyl (C=O) groups is 1. The summed E-state index contributed by atoms with van der Waals surface area (Å²) in [5, 5.41) is 9.30. The number of thiol groups is 2. The first-order valence-corrected chi connectivity index (χ1v) is 18.1. The summed E-state index contributed by atoms with van der Waals surface area (Å²) < 4.78 is 149. The lowest BCUT2D eigenvalue weighted by atomic mass is 9.55. The Morgan fingerprint density at radius 3 is 2.24 bits per heavy atom. The van der Waals surface area contributed by atoms with Crippen molar-refractivity contribution in [3.05, 3.63) is 29.1 Å². The second-order valence-electron chi connectivity index (χ2n) is 13.7. The number of ether oxygens (including phenoxy) is 3. The Morgan fingerprint density at radius 2 is 1.65 bits per heavy atom. The molecule has 2 fully saturated rings. The highest BCUT2D eigenvalue weighted by Gasteiger charge is 2.85. The zero-order valence-electron chi connectivity index (χ0n) is 27.8. The molecule has 18 heteroatoms. The molecule has 0 aromatic heterocycles. The maximum absolute atomic E-state index is 15.5. The van der Waals surface area contributed by atoms with Gasteiger partial charge in [0.05, 0.1) is 12.7 Å². The molecule has 0 radical (unpaired) electrons. The maximum atomic E-state index is 15.5. The van der Waals surface area contributed by atoms with Crippen molar-refractivity contribution < 1.29 is 68.0 Å². The van der Waals surface area contributed by atoms with E-state index in [0.29, 0.717) is 56.5 Å². The molecule has 51 heavy (non-hydrogen) atoms. The van der Waals surface area contributed by atoms with E-state index in [-0.39, 0.29) is 42.7 Å². The van der Waals surface area contributed by atoms with Gasteiger partial charge in [-0.2, -0.15) is 64.8 Å². The number of alkyl halides is 9. The lowest BCUT2D eigenvalue weighted by Gasteiger charge is -2.50. The molecule has 1 amide bonds. The van der Waals surface area contributed by atoms with Gasteiger partial charge in [0.25, 0.3) is 0 Å². The van der Waals surface area contributed by atoms with Crippen LogP contribution in [0.2, 0.25) is 0 Å². The van der Waals surface area contributed by atoms with Gasteiger partial charge in [-0.05, 0) is 110 Å². The second-order valence-corrected chi connectivity index (χ2v) is 14.6. The van der Waals surface area contributed by atoms with E-state index in [2.05, 4.69) is 30.0 Å². The zero-order chi connectivity index (χ0) is 38.0. The number of amides is 1. The first kappa shape index (κ1) is 42.1. The van der Waals surface area contributed by atoms with Crippen molar-refractivity contribution in [2.45, 2.75) is 107 Å². The molecule has 6 nitrogen and oxygen atoms in total. The Kier molecular flexibility index (Phi) is 13.5. The Morgan fingerprint density at radius 1 is 0.980 bits per heavy atom. The molecule has 6 atom stereocenters. The minimum Gasteiger partial charge on any atom is -0.407 e. The SMILES string of the molecule is C[C@]12CC[C@@H]3c4cc(F)c(OC(=O)N(CCCO)C(CS)CCS)cc4CC[C@H]3[C@@H]1CC[C@@H]2OCCCOC(C(F)(F)F)(C(F)(F)F)C(F)(F)F. The summed E-state index contributed by atoms with van der Waals surface area (Å²) in [5.74, 6) is 0.117. The predicted octanol–water partition coefficient (Wildman–Crippen LogP) is 8.70. The molecular formula is C33H43F10NO5S2. The number of carbonyl (C=O) groups excluding carboxylic acids is 1.